The molecule has 0 aliphatic carbocycles. The Balaban J connectivity index is 2.58. The molecule has 1 rings (SSSR count). The Kier molecular flexibility index (Phi) is 2.80. The molecule has 1 atom stereocenters. The van der Waals surface area contributed by atoms with Gasteiger partial charge in [-0.1, -0.05) is 30.3 Å². The third-order valence-electron chi connectivity index (χ3n) is 1.61. The number of hydrogen-bond donors (Lipinski definition) is 0. The van der Waals surface area contributed by atoms with E-state index in [1.807, 2.05) is 30.3 Å². The van der Waals surface area contributed by atoms with Gasteiger partial charge in [-0.15, -0.1) is 0 Å². The highest BCUT2D eigenvalue weighted by atomic mass is 16.6. The maximum atomic E-state index is 10.2. The second-order valence-corrected chi connectivity index (χ2v) is 2.63. The molecule has 0 aromatic heterocycles. The van der Waals surface area contributed by atoms with Crippen LogP contribution in [0.3, 0.4) is 0 Å². The van der Waals surface area contributed by atoms with Crippen LogP contribution in [0.25, 0.3) is 0 Å². The summed E-state index contributed by atoms with van der Waals surface area (Å²) in [6.45, 7) is 3.43. The molecule has 0 aliphatic rings. The van der Waals surface area contributed by atoms with E-state index in [4.69, 9.17) is 0 Å². The van der Waals surface area contributed by atoms with Crippen molar-refractivity contribution >= 4 is 0 Å². The first kappa shape index (κ1) is 8.71. The van der Waals surface area contributed by atoms with Crippen LogP contribution in [-0.4, -0.2) is 11.0 Å². The van der Waals surface area contributed by atoms with E-state index in [0.717, 1.165) is 5.56 Å². The maximum absolute atomic E-state index is 10.2. The minimum atomic E-state index is -0.743. The predicted octanol–water partition coefficient (Wildman–Crippen LogP) is 1.71. The largest absolute Gasteiger partial charge is 0.264 e. The van der Waals surface area contributed by atoms with Gasteiger partial charge in [0, 0.05) is 18.3 Å². The van der Waals surface area contributed by atoms with Crippen molar-refractivity contribution in [2.45, 2.75) is 12.5 Å². The Morgan fingerprint density at radius 3 is 2.50 bits per heavy atom. The zero-order valence-corrected chi connectivity index (χ0v) is 6.64. The lowest BCUT2D eigenvalue weighted by Gasteiger charge is -2.02. The number of hydrogen-bond acceptors (Lipinski definition) is 2. The second kappa shape index (κ2) is 3.85. The van der Waals surface area contributed by atoms with Crippen LogP contribution in [0.5, 0.6) is 0 Å². The van der Waals surface area contributed by atoms with E-state index in [1.165, 1.54) is 0 Å². The Bertz CT molecular complexity index is 258. The number of nitro groups is 1. The van der Waals surface area contributed by atoms with E-state index in [2.05, 4.69) is 6.92 Å². The topological polar surface area (TPSA) is 43.1 Å². The summed E-state index contributed by atoms with van der Waals surface area (Å²) in [5.41, 5.74) is 0.953. The molecule has 1 aromatic carbocycles. The molecule has 0 amide bonds. The van der Waals surface area contributed by atoms with Crippen molar-refractivity contribution in [3.05, 3.63) is 52.9 Å². The summed E-state index contributed by atoms with van der Waals surface area (Å²) in [6.07, 6.45) is 0.397. The van der Waals surface area contributed by atoms with E-state index in [9.17, 15) is 10.1 Å². The molecule has 1 aromatic rings. The minimum absolute atomic E-state index is 0.368. The monoisotopic (exact) mass is 164 g/mol. The third-order valence-corrected chi connectivity index (χ3v) is 1.61. The van der Waals surface area contributed by atoms with E-state index in [-0.39, 0.29) is 4.92 Å². The van der Waals surface area contributed by atoms with Crippen molar-refractivity contribution in [2.24, 2.45) is 0 Å². The van der Waals surface area contributed by atoms with Crippen LogP contribution in [-0.2, 0) is 6.42 Å². The summed E-state index contributed by atoms with van der Waals surface area (Å²) in [6, 6.07) is 8.59. The van der Waals surface area contributed by atoms with Gasteiger partial charge in [0.1, 0.15) is 0 Å². The van der Waals surface area contributed by atoms with Gasteiger partial charge in [-0.2, -0.15) is 0 Å². The van der Waals surface area contributed by atoms with Crippen LogP contribution >= 0.6 is 0 Å². The molecular formula is C9H10NO2. The van der Waals surface area contributed by atoms with Crippen LogP contribution < -0.4 is 0 Å². The summed E-state index contributed by atoms with van der Waals surface area (Å²) in [4.78, 5) is 9.88. The fourth-order valence-corrected chi connectivity index (χ4v) is 0.961. The summed E-state index contributed by atoms with van der Waals surface area (Å²) in [5, 5.41) is 10.2. The van der Waals surface area contributed by atoms with Crippen molar-refractivity contribution in [3.8, 4) is 0 Å². The van der Waals surface area contributed by atoms with Crippen molar-refractivity contribution in [3.63, 3.8) is 0 Å². The summed E-state index contributed by atoms with van der Waals surface area (Å²) in [7, 11) is 0. The fourth-order valence-electron chi connectivity index (χ4n) is 0.961. The van der Waals surface area contributed by atoms with Gasteiger partial charge < -0.3 is 0 Å². The molecule has 3 nitrogen and oxygen atoms in total. The fraction of sp³-hybridized carbons (Fsp3) is 0.222. The molecule has 12 heavy (non-hydrogen) atoms. The molecule has 1 radical (unpaired) electrons. The lowest BCUT2D eigenvalue weighted by Crippen LogP contribution is -2.17. The Hall–Kier alpha value is -1.38. The van der Waals surface area contributed by atoms with Crippen LogP contribution in [0, 0.1) is 17.0 Å². The van der Waals surface area contributed by atoms with Crippen molar-refractivity contribution < 1.29 is 4.92 Å². The predicted molar refractivity (Wildman–Crippen MR) is 46.3 cm³/mol. The van der Waals surface area contributed by atoms with Gasteiger partial charge in [0.2, 0.25) is 6.04 Å². The molecule has 0 aliphatic heterocycles. The molecule has 0 fully saturated rings. The average Bonchev–Trinajstić information content (AvgIpc) is 2.06. The Morgan fingerprint density at radius 1 is 1.42 bits per heavy atom. The molecule has 0 saturated carbocycles. The Morgan fingerprint density at radius 2 is 2.00 bits per heavy atom. The lowest BCUT2D eigenvalue weighted by atomic mass is 10.1. The molecule has 0 saturated heterocycles. The molecule has 0 bridgehead atoms. The first-order chi connectivity index (χ1) is 5.70. The zero-order valence-electron chi connectivity index (χ0n) is 6.64. The van der Waals surface area contributed by atoms with Gasteiger partial charge in [0.25, 0.3) is 0 Å². The highest BCUT2D eigenvalue weighted by molar-refractivity contribution is 5.15. The van der Waals surface area contributed by atoms with Crippen molar-refractivity contribution in [2.75, 3.05) is 0 Å². The second-order valence-electron chi connectivity index (χ2n) is 2.63. The van der Waals surface area contributed by atoms with E-state index in [1.54, 1.807) is 0 Å². The highest BCUT2D eigenvalue weighted by Gasteiger charge is 2.12. The standard InChI is InChI=1S/C9H10NO2/c1-8(10(11)12)7-9-5-3-2-4-6-9/h2-6,8H,1,7H2/t8-/m1/s1. The van der Waals surface area contributed by atoms with Crippen LogP contribution in [0.4, 0.5) is 0 Å². The number of nitrogens with zero attached hydrogens (tertiary/aromatic N) is 1. The number of rotatable bonds is 3. The molecule has 0 N–H and O–H groups in total. The smallest absolute Gasteiger partial charge is 0.217 e. The first-order valence-corrected chi connectivity index (χ1v) is 3.70. The van der Waals surface area contributed by atoms with Gasteiger partial charge >= 0.3 is 0 Å². The zero-order chi connectivity index (χ0) is 8.97. The summed E-state index contributed by atoms with van der Waals surface area (Å²) < 4.78 is 0. The Labute approximate surface area is 71.2 Å². The van der Waals surface area contributed by atoms with Crippen molar-refractivity contribution in [1.29, 1.82) is 0 Å². The van der Waals surface area contributed by atoms with Gasteiger partial charge in [-0.25, -0.2) is 0 Å². The first-order valence-electron chi connectivity index (χ1n) is 3.70. The lowest BCUT2D eigenvalue weighted by molar-refractivity contribution is -0.509. The van der Waals surface area contributed by atoms with Crippen LogP contribution in [0.1, 0.15) is 5.56 Å². The summed E-state index contributed by atoms with van der Waals surface area (Å²) >= 11 is 0. The molecule has 63 valence electrons. The molecular weight excluding hydrogens is 154 g/mol. The summed E-state index contributed by atoms with van der Waals surface area (Å²) in [5.74, 6) is 0. The SMILES string of the molecule is [CH2][C@H](Cc1ccccc1)[N+](=O)[O-]. The van der Waals surface area contributed by atoms with Crippen LogP contribution in [0.2, 0.25) is 0 Å². The average molecular weight is 164 g/mol. The van der Waals surface area contributed by atoms with Crippen LogP contribution in [0.15, 0.2) is 30.3 Å². The molecule has 3 heteroatoms. The van der Waals surface area contributed by atoms with Gasteiger partial charge in [-0.3, -0.25) is 10.1 Å². The van der Waals surface area contributed by atoms with E-state index in [0.29, 0.717) is 6.42 Å². The number of benzene rings is 1. The quantitative estimate of drug-likeness (QED) is 0.504. The van der Waals surface area contributed by atoms with Gasteiger partial charge in [0.05, 0.1) is 0 Å². The maximum Gasteiger partial charge on any atom is 0.217 e. The van der Waals surface area contributed by atoms with Gasteiger partial charge in [0.15, 0.2) is 0 Å². The molecule has 0 spiro atoms. The van der Waals surface area contributed by atoms with E-state index >= 15 is 0 Å². The van der Waals surface area contributed by atoms with E-state index < -0.39 is 6.04 Å². The molecule has 0 heterocycles. The third kappa shape index (κ3) is 2.34. The molecule has 0 unspecified atom stereocenters. The highest BCUT2D eigenvalue weighted by Crippen LogP contribution is 2.03. The van der Waals surface area contributed by atoms with Crippen molar-refractivity contribution in [1.82, 2.24) is 0 Å². The van der Waals surface area contributed by atoms with Gasteiger partial charge in [-0.05, 0) is 5.56 Å². The minimum Gasteiger partial charge on any atom is -0.264 e. The normalized spacial score (nSPS) is 12.4.